The zero-order chi connectivity index (χ0) is 20.9. The summed E-state index contributed by atoms with van der Waals surface area (Å²) in [4.78, 5) is 14.6. The Morgan fingerprint density at radius 2 is 2.03 bits per heavy atom. The van der Waals surface area contributed by atoms with Gasteiger partial charge in [0, 0.05) is 12.1 Å². The average Bonchev–Trinajstić information content (AvgIpc) is 3.20. The van der Waals surface area contributed by atoms with Crippen molar-refractivity contribution in [3.05, 3.63) is 71.6 Å². The number of nitrogens with zero attached hydrogens (tertiary/aromatic N) is 1. The molecule has 5 heteroatoms. The van der Waals surface area contributed by atoms with E-state index in [4.69, 9.17) is 4.74 Å². The van der Waals surface area contributed by atoms with Gasteiger partial charge in [-0.05, 0) is 74.4 Å². The summed E-state index contributed by atoms with van der Waals surface area (Å²) in [6, 6.07) is 15.7. The topological polar surface area (TPSA) is 41.6 Å². The van der Waals surface area contributed by atoms with Crippen LogP contribution in [0.3, 0.4) is 0 Å². The van der Waals surface area contributed by atoms with Crippen molar-refractivity contribution in [2.75, 3.05) is 11.9 Å². The van der Waals surface area contributed by atoms with Gasteiger partial charge in [-0.15, -0.1) is 0 Å². The van der Waals surface area contributed by atoms with E-state index in [1.807, 2.05) is 36.4 Å². The van der Waals surface area contributed by atoms with Gasteiger partial charge in [-0.1, -0.05) is 42.5 Å². The third kappa shape index (κ3) is 4.90. The lowest BCUT2D eigenvalue weighted by molar-refractivity contribution is 0.155. The molecule has 1 saturated heterocycles. The van der Waals surface area contributed by atoms with Gasteiger partial charge in [0.1, 0.15) is 12.4 Å². The molecule has 1 aliphatic heterocycles. The molecule has 0 spiro atoms. The number of benzene rings is 2. The maximum atomic E-state index is 14.6. The van der Waals surface area contributed by atoms with Gasteiger partial charge in [0.15, 0.2) is 0 Å². The fourth-order valence-corrected chi connectivity index (χ4v) is 4.57. The number of ether oxygens (including phenoxy) is 1. The van der Waals surface area contributed by atoms with Crippen LogP contribution in [0, 0.1) is 5.82 Å². The molecule has 2 atom stereocenters. The second kappa shape index (κ2) is 9.43. The Bertz CT molecular complexity index is 913. The zero-order valence-corrected chi connectivity index (χ0v) is 17.4. The number of hydrogen-bond acceptors (Lipinski definition) is 3. The van der Waals surface area contributed by atoms with E-state index in [9.17, 15) is 9.18 Å². The molecule has 0 saturated carbocycles. The normalized spacial score (nSPS) is 21.9. The lowest BCUT2D eigenvalue weighted by atomic mass is 9.89. The predicted molar refractivity (Wildman–Crippen MR) is 118 cm³/mol. The van der Waals surface area contributed by atoms with Crippen molar-refractivity contribution in [1.29, 1.82) is 0 Å². The van der Waals surface area contributed by atoms with Crippen molar-refractivity contribution in [2.45, 2.75) is 57.7 Å². The van der Waals surface area contributed by atoms with Crippen LogP contribution < -0.4 is 5.32 Å². The van der Waals surface area contributed by atoms with Gasteiger partial charge in [0.2, 0.25) is 0 Å². The lowest BCUT2D eigenvalue weighted by Gasteiger charge is -2.33. The molecule has 2 aliphatic rings. The number of halogens is 1. The first kappa shape index (κ1) is 20.6. The van der Waals surface area contributed by atoms with E-state index in [0.717, 1.165) is 30.4 Å². The van der Waals surface area contributed by atoms with E-state index >= 15 is 0 Å². The number of hydrogen-bond donors (Lipinski definition) is 1. The molecule has 2 aromatic rings. The predicted octanol–water partition coefficient (Wildman–Crippen LogP) is 5.99. The van der Waals surface area contributed by atoms with E-state index in [0.29, 0.717) is 12.1 Å². The highest BCUT2D eigenvalue weighted by molar-refractivity contribution is 5.85. The second-order valence-corrected chi connectivity index (χ2v) is 8.27. The van der Waals surface area contributed by atoms with Gasteiger partial charge < -0.3 is 4.74 Å². The van der Waals surface area contributed by atoms with Crippen LogP contribution in [-0.4, -0.2) is 29.6 Å². The Balaban J connectivity index is 1.34. The van der Waals surface area contributed by atoms with Crippen LogP contribution in [0.4, 0.5) is 14.9 Å². The number of carbonyl (C=O) groups is 1. The molecule has 30 heavy (non-hydrogen) atoms. The number of carbonyl (C=O) groups excluding carboxylic acids is 1. The first-order valence-electron chi connectivity index (χ1n) is 10.8. The minimum atomic E-state index is -0.662. The summed E-state index contributed by atoms with van der Waals surface area (Å²) in [6.45, 7) is 3.67. The standard InChI is InChI=1S/C25H29FN2O2/c1-18-6-5-15-28(18)22-12-9-20(10-13-22)21-11-14-24(23(26)16-21)27-25(29)30-17-19-7-3-2-4-8-19/h2-4,7-9,11,14,16,18,22H,5-6,10,12-13,15,17H2,1H3,(H,27,29). The van der Waals surface area contributed by atoms with E-state index in [2.05, 4.69) is 23.2 Å². The molecule has 1 amide bonds. The van der Waals surface area contributed by atoms with Gasteiger partial charge in [0.05, 0.1) is 5.69 Å². The van der Waals surface area contributed by atoms with Crippen LogP contribution in [-0.2, 0) is 11.3 Å². The van der Waals surface area contributed by atoms with E-state index in [1.165, 1.54) is 31.0 Å². The Morgan fingerprint density at radius 1 is 1.20 bits per heavy atom. The highest BCUT2D eigenvalue weighted by atomic mass is 19.1. The molecular weight excluding hydrogens is 379 g/mol. The molecule has 158 valence electrons. The third-order valence-electron chi connectivity index (χ3n) is 6.25. The highest BCUT2D eigenvalue weighted by Gasteiger charge is 2.28. The fraction of sp³-hybridized carbons (Fsp3) is 0.400. The first-order valence-corrected chi connectivity index (χ1v) is 10.8. The SMILES string of the molecule is CC1CCCN1C1CC=C(c2ccc(NC(=O)OCc3ccccc3)c(F)c2)CC1. The number of nitrogens with one attached hydrogen (secondary N) is 1. The molecule has 1 N–H and O–H groups in total. The first-order chi connectivity index (χ1) is 14.6. The summed E-state index contributed by atoms with van der Waals surface area (Å²) in [5.41, 5.74) is 3.10. The Labute approximate surface area is 177 Å². The summed E-state index contributed by atoms with van der Waals surface area (Å²) < 4.78 is 19.8. The summed E-state index contributed by atoms with van der Waals surface area (Å²) in [5, 5.41) is 2.50. The summed E-state index contributed by atoms with van der Waals surface area (Å²) in [5.74, 6) is -0.444. The largest absolute Gasteiger partial charge is 0.444 e. The zero-order valence-electron chi connectivity index (χ0n) is 17.4. The lowest BCUT2D eigenvalue weighted by Crippen LogP contribution is -2.38. The molecule has 1 heterocycles. The number of likely N-dealkylation sites (tertiary alicyclic amines) is 1. The van der Waals surface area contributed by atoms with Crippen molar-refractivity contribution < 1.29 is 13.9 Å². The van der Waals surface area contributed by atoms with Crippen molar-refractivity contribution in [2.24, 2.45) is 0 Å². The monoisotopic (exact) mass is 408 g/mol. The van der Waals surface area contributed by atoms with E-state index in [1.54, 1.807) is 6.07 Å². The van der Waals surface area contributed by atoms with Gasteiger partial charge in [-0.25, -0.2) is 9.18 Å². The van der Waals surface area contributed by atoms with Gasteiger partial charge >= 0.3 is 6.09 Å². The van der Waals surface area contributed by atoms with Gasteiger partial charge in [-0.3, -0.25) is 10.2 Å². The van der Waals surface area contributed by atoms with Crippen LogP contribution in [0.1, 0.15) is 50.2 Å². The fourth-order valence-electron chi connectivity index (χ4n) is 4.57. The van der Waals surface area contributed by atoms with Crippen molar-refractivity contribution in [1.82, 2.24) is 4.90 Å². The molecule has 0 bridgehead atoms. The van der Waals surface area contributed by atoms with Gasteiger partial charge in [-0.2, -0.15) is 0 Å². The molecular formula is C25H29FN2O2. The molecule has 4 nitrogen and oxygen atoms in total. The Kier molecular flexibility index (Phi) is 6.48. The van der Waals surface area contributed by atoms with Crippen molar-refractivity contribution in [3.8, 4) is 0 Å². The summed E-state index contributed by atoms with van der Waals surface area (Å²) in [7, 11) is 0. The van der Waals surface area contributed by atoms with Crippen molar-refractivity contribution in [3.63, 3.8) is 0 Å². The Morgan fingerprint density at radius 3 is 2.70 bits per heavy atom. The number of anilines is 1. The average molecular weight is 409 g/mol. The summed E-state index contributed by atoms with van der Waals surface area (Å²) >= 11 is 0. The Hall–Kier alpha value is -2.66. The minimum absolute atomic E-state index is 0.136. The number of allylic oxidation sites excluding steroid dienone is 1. The van der Waals surface area contributed by atoms with Crippen LogP contribution in [0.25, 0.3) is 5.57 Å². The third-order valence-corrected chi connectivity index (χ3v) is 6.25. The molecule has 2 aromatic carbocycles. The van der Waals surface area contributed by atoms with Crippen LogP contribution in [0.15, 0.2) is 54.6 Å². The van der Waals surface area contributed by atoms with Gasteiger partial charge in [0.25, 0.3) is 0 Å². The molecule has 1 aliphatic carbocycles. The van der Waals surface area contributed by atoms with Crippen LogP contribution in [0.5, 0.6) is 0 Å². The molecule has 4 rings (SSSR count). The maximum absolute atomic E-state index is 14.6. The molecule has 0 radical (unpaired) electrons. The number of amides is 1. The van der Waals surface area contributed by atoms with Crippen LogP contribution >= 0.6 is 0 Å². The minimum Gasteiger partial charge on any atom is -0.444 e. The van der Waals surface area contributed by atoms with Crippen LogP contribution in [0.2, 0.25) is 0 Å². The molecule has 2 unspecified atom stereocenters. The quantitative estimate of drug-likeness (QED) is 0.660. The highest BCUT2D eigenvalue weighted by Crippen LogP contribution is 2.33. The van der Waals surface area contributed by atoms with Crippen molar-refractivity contribution >= 4 is 17.4 Å². The number of rotatable bonds is 5. The smallest absolute Gasteiger partial charge is 0.412 e. The molecule has 1 fully saturated rings. The molecule has 0 aromatic heterocycles. The van der Waals surface area contributed by atoms with E-state index in [-0.39, 0.29) is 12.3 Å². The summed E-state index contributed by atoms with van der Waals surface area (Å²) in [6.07, 6.45) is 7.28. The van der Waals surface area contributed by atoms with E-state index < -0.39 is 11.9 Å². The second-order valence-electron chi connectivity index (χ2n) is 8.27. The maximum Gasteiger partial charge on any atom is 0.412 e.